The quantitative estimate of drug-likeness (QED) is 0.812. The van der Waals surface area contributed by atoms with Crippen LogP contribution < -0.4 is 5.32 Å². The minimum absolute atomic E-state index is 0.413. The summed E-state index contributed by atoms with van der Waals surface area (Å²) in [6, 6.07) is 0.413. The second kappa shape index (κ2) is 7.33. The number of hydrogen-bond acceptors (Lipinski definition) is 5. The van der Waals surface area contributed by atoms with Crippen molar-refractivity contribution in [1.29, 1.82) is 0 Å². The molecule has 1 aliphatic heterocycles. The van der Waals surface area contributed by atoms with Crippen molar-refractivity contribution in [3.8, 4) is 0 Å². The predicted molar refractivity (Wildman–Crippen MR) is 79.9 cm³/mol. The molecule has 0 spiro atoms. The lowest BCUT2D eigenvalue weighted by Gasteiger charge is -2.26. The van der Waals surface area contributed by atoms with Gasteiger partial charge in [0, 0.05) is 24.0 Å². The smallest absolute Gasteiger partial charge is 0.0900 e. The Morgan fingerprint density at radius 3 is 2.74 bits per heavy atom. The Bertz CT molecular complexity index is 388. The lowest BCUT2D eigenvalue weighted by molar-refractivity contribution is 0.0374. The maximum Gasteiger partial charge on any atom is 0.0900 e. The minimum atomic E-state index is 0.413. The van der Waals surface area contributed by atoms with E-state index in [-0.39, 0.29) is 0 Å². The number of morpholine rings is 1. The number of aryl methyl sites for hydroxylation is 2. The zero-order valence-corrected chi connectivity index (χ0v) is 13.1. The van der Waals surface area contributed by atoms with E-state index in [2.05, 4.69) is 36.0 Å². The van der Waals surface area contributed by atoms with Gasteiger partial charge in [-0.2, -0.15) is 0 Å². The molecular formula is C14H25N3OS. The molecule has 4 nitrogen and oxygen atoms in total. The van der Waals surface area contributed by atoms with Crippen LogP contribution in [0.2, 0.25) is 0 Å². The molecule has 1 aromatic rings. The van der Waals surface area contributed by atoms with Gasteiger partial charge in [0.05, 0.1) is 23.9 Å². The molecule has 108 valence electrons. The second-order valence-electron chi connectivity index (χ2n) is 5.17. The molecule has 1 unspecified atom stereocenters. The molecule has 5 heteroatoms. The SMILES string of the molecule is Cc1nc(C)c(C(C)NCCCN2CCOCC2)s1. The number of thiazole rings is 1. The van der Waals surface area contributed by atoms with Crippen LogP contribution in [0.1, 0.15) is 35.0 Å². The number of ether oxygens (including phenoxy) is 1. The van der Waals surface area contributed by atoms with Gasteiger partial charge in [-0.15, -0.1) is 11.3 Å². The Kier molecular flexibility index (Phi) is 5.76. The lowest BCUT2D eigenvalue weighted by atomic mass is 10.2. The molecule has 2 rings (SSSR count). The first-order chi connectivity index (χ1) is 9.16. The summed E-state index contributed by atoms with van der Waals surface area (Å²) in [5, 5.41) is 4.77. The van der Waals surface area contributed by atoms with Crippen LogP contribution in [0, 0.1) is 13.8 Å². The van der Waals surface area contributed by atoms with E-state index < -0.39 is 0 Å². The Labute approximate surface area is 120 Å². The average Bonchev–Trinajstić information content (AvgIpc) is 2.75. The summed E-state index contributed by atoms with van der Waals surface area (Å²) < 4.78 is 5.35. The molecule has 1 aromatic heterocycles. The summed E-state index contributed by atoms with van der Waals surface area (Å²) in [6.07, 6.45) is 1.20. The van der Waals surface area contributed by atoms with Gasteiger partial charge in [0.25, 0.3) is 0 Å². The molecule has 1 fully saturated rings. The van der Waals surface area contributed by atoms with Crippen LogP contribution in [-0.2, 0) is 4.74 Å². The van der Waals surface area contributed by atoms with Crippen LogP contribution >= 0.6 is 11.3 Å². The van der Waals surface area contributed by atoms with Gasteiger partial charge in [0.2, 0.25) is 0 Å². The molecule has 0 saturated carbocycles. The largest absolute Gasteiger partial charge is 0.379 e. The molecule has 0 aromatic carbocycles. The Hall–Kier alpha value is -0.490. The van der Waals surface area contributed by atoms with Crippen molar-refractivity contribution in [3.63, 3.8) is 0 Å². The van der Waals surface area contributed by atoms with Crippen LogP contribution in [0.25, 0.3) is 0 Å². The summed E-state index contributed by atoms with van der Waals surface area (Å²) >= 11 is 1.81. The van der Waals surface area contributed by atoms with Crippen molar-refractivity contribution in [1.82, 2.24) is 15.2 Å². The van der Waals surface area contributed by atoms with Crippen LogP contribution in [0.3, 0.4) is 0 Å². The van der Waals surface area contributed by atoms with Gasteiger partial charge in [-0.1, -0.05) is 0 Å². The van der Waals surface area contributed by atoms with Crippen LogP contribution in [0.4, 0.5) is 0 Å². The number of nitrogens with zero attached hydrogens (tertiary/aromatic N) is 2. The third-order valence-electron chi connectivity index (χ3n) is 3.54. The van der Waals surface area contributed by atoms with Crippen molar-refractivity contribution in [3.05, 3.63) is 15.6 Å². The number of hydrogen-bond donors (Lipinski definition) is 1. The highest BCUT2D eigenvalue weighted by Gasteiger charge is 2.13. The van der Waals surface area contributed by atoms with Gasteiger partial charge in [-0.3, -0.25) is 4.90 Å². The first-order valence-electron chi connectivity index (χ1n) is 7.14. The van der Waals surface area contributed by atoms with Crippen LogP contribution in [0.5, 0.6) is 0 Å². The molecule has 0 bridgehead atoms. The highest BCUT2D eigenvalue weighted by molar-refractivity contribution is 7.11. The fourth-order valence-electron chi connectivity index (χ4n) is 2.49. The number of nitrogens with one attached hydrogen (secondary N) is 1. The van der Waals surface area contributed by atoms with Gasteiger partial charge in [0.15, 0.2) is 0 Å². The van der Waals surface area contributed by atoms with Crippen LogP contribution in [0.15, 0.2) is 0 Å². The average molecular weight is 283 g/mol. The molecule has 0 aliphatic carbocycles. The summed E-state index contributed by atoms with van der Waals surface area (Å²) in [7, 11) is 0. The molecule has 0 radical (unpaired) electrons. The van der Waals surface area contributed by atoms with Crippen molar-refractivity contribution >= 4 is 11.3 Å². The van der Waals surface area contributed by atoms with Crippen molar-refractivity contribution in [2.75, 3.05) is 39.4 Å². The second-order valence-corrected chi connectivity index (χ2v) is 6.40. The summed E-state index contributed by atoms with van der Waals surface area (Å²) in [5.74, 6) is 0. The molecule has 1 atom stereocenters. The Morgan fingerprint density at radius 1 is 1.37 bits per heavy atom. The van der Waals surface area contributed by atoms with Gasteiger partial charge < -0.3 is 10.1 Å². The maximum absolute atomic E-state index is 5.35. The lowest BCUT2D eigenvalue weighted by Crippen LogP contribution is -2.37. The predicted octanol–water partition coefficient (Wildman–Crippen LogP) is 2.13. The molecule has 19 heavy (non-hydrogen) atoms. The van der Waals surface area contributed by atoms with E-state index >= 15 is 0 Å². The molecule has 1 N–H and O–H groups in total. The summed E-state index contributed by atoms with van der Waals surface area (Å²) in [6.45, 7) is 12.6. The van der Waals surface area contributed by atoms with E-state index in [4.69, 9.17) is 4.74 Å². The third-order valence-corrected chi connectivity index (χ3v) is 4.79. The van der Waals surface area contributed by atoms with Gasteiger partial charge in [-0.05, 0) is 40.3 Å². The summed E-state index contributed by atoms with van der Waals surface area (Å²) in [4.78, 5) is 8.35. The summed E-state index contributed by atoms with van der Waals surface area (Å²) in [5.41, 5.74) is 1.18. The first-order valence-corrected chi connectivity index (χ1v) is 7.96. The van der Waals surface area contributed by atoms with E-state index in [9.17, 15) is 0 Å². The van der Waals surface area contributed by atoms with E-state index in [1.165, 1.54) is 23.5 Å². The molecule has 1 aliphatic rings. The van der Waals surface area contributed by atoms with Crippen LogP contribution in [-0.4, -0.2) is 49.3 Å². The molecule has 0 amide bonds. The first kappa shape index (κ1) is 14.9. The molecular weight excluding hydrogens is 258 g/mol. The number of rotatable bonds is 6. The monoisotopic (exact) mass is 283 g/mol. The standard InChI is InChI=1S/C14H25N3OS/c1-11(14-12(2)16-13(3)19-14)15-5-4-6-17-7-9-18-10-8-17/h11,15H,4-10H2,1-3H3. The van der Waals surface area contributed by atoms with E-state index in [0.29, 0.717) is 6.04 Å². The normalized spacial score (nSPS) is 18.7. The minimum Gasteiger partial charge on any atom is -0.379 e. The third kappa shape index (κ3) is 4.53. The van der Waals surface area contributed by atoms with Crippen molar-refractivity contribution < 1.29 is 4.74 Å². The van der Waals surface area contributed by atoms with Gasteiger partial charge in [0.1, 0.15) is 0 Å². The maximum atomic E-state index is 5.35. The van der Waals surface area contributed by atoms with E-state index in [1.807, 2.05) is 11.3 Å². The van der Waals surface area contributed by atoms with E-state index in [0.717, 1.165) is 37.9 Å². The molecule has 2 heterocycles. The Morgan fingerprint density at radius 2 is 2.11 bits per heavy atom. The molecule has 1 saturated heterocycles. The highest BCUT2D eigenvalue weighted by atomic mass is 32.1. The zero-order chi connectivity index (χ0) is 13.7. The fraction of sp³-hybridized carbons (Fsp3) is 0.786. The van der Waals surface area contributed by atoms with E-state index in [1.54, 1.807) is 0 Å². The zero-order valence-electron chi connectivity index (χ0n) is 12.2. The van der Waals surface area contributed by atoms with Gasteiger partial charge in [-0.25, -0.2) is 4.98 Å². The Balaban J connectivity index is 1.66. The topological polar surface area (TPSA) is 37.4 Å². The van der Waals surface area contributed by atoms with Gasteiger partial charge >= 0.3 is 0 Å². The van der Waals surface area contributed by atoms with Crippen molar-refractivity contribution in [2.45, 2.75) is 33.2 Å². The number of aromatic nitrogens is 1. The van der Waals surface area contributed by atoms with Crippen molar-refractivity contribution in [2.24, 2.45) is 0 Å². The fourth-order valence-corrected chi connectivity index (χ4v) is 3.44. The highest BCUT2D eigenvalue weighted by Crippen LogP contribution is 2.24.